The van der Waals surface area contributed by atoms with Gasteiger partial charge in [-0.3, -0.25) is 0 Å². The maximum atomic E-state index is 11.5. The fourth-order valence-electron chi connectivity index (χ4n) is 1.89. The number of allylic oxidation sites excluding steroid dienone is 1. The first-order chi connectivity index (χ1) is 8.71. The molecule has 98 valence electrons. The van der Waals surface area contributed by atoms with Crippen molar-refractivity contribution in [1.82, 2.24) is 0 Å². The monoisotopic (exact) mass is 246 g/mol. The van der Waals surface area contributed by atoms with Gasteiger partial charge in [-0.15, -0.1) is 0 Å². The van der Waals surface area contributed by atoms with Gasteiger partial charge < -0.3 is 4.74 Å². The topological polar surface area (TPSA) is 26.3 Å². The number of hydrogen-bond acceptors (Lipinski definition) is 2. The fraction of sp³-hybridized carbons (Fsp3) is 0.438. The van der Waals surface area contributed by atoms with E-state index in [2.05, 4.69) is 31.2 Å². The number of carbonyl (C=O) groups excluding carboxylic acids is 1. The van der Waals surface area contributed by atoms with E-state index in [0.29, 0.717) is 6.61 Å². The second kappa shape index (κ2) is 7.70. The van der Waals surface area contributed by atoms with Crippen molar-refractivity contribution in [2.24, 2.45) is 0 Å². The van der Waals surface area contributed by atoms with Gasteiger partial charge in [0.2, 0.25) is 0 Å². The van der Waals surface area contributed by atoms with E-state index >= 15 is 0 Å². The molecule has 0 aromatic heterocycles. The van der Waals surface area contributed by atoms with Gasteiger partial charge in [0, 0.05) is 6.08 Å². The first-order valence-corrected chi connectivity index (χ1v) is 6.67. The second-order valence-electron chi connectivity index (χ2n) is 4.22. The first kappa shape index (κ1) is 14.5. The summed E-state index contributed by atoms with van der Waals surface area (Å²) >= 11 is 0. The van der Waals surface area contributed by atoms with E-state index in [4.69, 9.17) is 4.74 Å². The number of esters is 1. The molecule has 0 radical (unpaired) electrons. The minimum atomic E-state index is -0.257. The summed E-state index contributed by atoms with van der Waals surface area (Å²) in [5.41, 5.74) is 3.47. The summed E-state index contributed by atoms with van der Waals surface area (Å²) in [4.78, 5) is 11.5. The maximum Gasteiger partial charge on any atom is 0.331 e. The van der Waals surface area contributed by atoms with Crippen molar-refractivity contribution in [2.75, 3.05) is 6.61 Å². The van der Waals surface area contributed by atoms with Crippen LogP contribution in [0, 0.1) is 0 Å². The van der Waals surface area contributed by atoms with Gasteiger partial charge in [-0.2, -0.15) is 0 Å². The Kier molecular flexibility index (Phi) is 6.20. The molecule has 0 fully saturated rings. The molecule has 0 saturated heterocycles. The standard InChI is InChI=1S/C16H22O2/c1-4-7-13-8-10-15(11-9-13)14(5-2)12-16(17)18-6-3/h8-12H,4-7H2,1-3H3. The Morgan fingerprint density at radius 2 is 1.83 bits per heavy atom. The normalized spacial score (nSPS) is 11.4. The molecule has 18 heavy (non-hydrogen) atoms. The molecule has 0 heterocycles. The van der Waals surface area contributed by atoms with Crippen molar-refractivity contribution >= 4 is 11.5 Å². The van der Waals surface area contributed by atoms with Gasteiger partial charge >= 0.3 is 5.97 Å². The van der Waals surface area contributed by atoms with Crippen LogP contribution >= 0.6 is 0 Å². The van der Waals surface area contributed by atoms with Crippen molar-refractivity contribution < 1.29 is 9.53 Å². The third-order valence-electron chi connectivity index (χ3n) is 2.82. The summed E-state index contributed by atoms with van der Waals surface area (Å²) in [5.74, 6) is -0.257. The highest BCUT2D eigenvalue weighted by Crippen LogP contribution is 2.19. The average molecular weight is 246 g/mol. The summed E-state index contributed by atoms with van der Waals surface area (Å²) < 4.78 is 4.94. The van der Waals surface area contributed by atoms with Gasteiger partial charge in [0.05, 0.1) is 6.61 Å². The number of hydrogen-bond donors (Lipinski definition) is 0. The quantitative estimate of drug-likeness (QED) is 0.560. The van der Waals surface area contributed by atoms with Crippen molar-refractivity contribution in [1.29, 1.82) is 0 Å². The van der Waals surface area contributed by atoms with Crippen molar-refractivity contribution in [3.63, 3.8) is 0 Å². The van der Waals surface area contributed by atoms with Gasteiger partial charge in [-0.25, -0.2) is 4.79 Å². The average Bonchev–Trinajstić information content (AvgIpc) is 2.38. The van der Waals surface area contributed by atoms with Gasteiger partial charge in [-0.1, -0.05) is 44.5 Å². The predicted molar refractivity (Wildman–Crippen MR) is 75.3 cm³/mol. The van der Waals surface area contributed by atoms with Crippen LogP contribution in [0.5, 0.6) is 0 Å². The lowest BCUT2D eigenvalue weighted by atomic mass is 10.0. The van der Waals surface area contributed by atoms with Crippen molar-refractivity contribution in [2.45, 2.75) is 40.0 Å². The van der Waals surface area contributed by atoms with Gasteiger partial charge in [0.15, 0.2) is 0 Å². The zero-order chi connectivity index (χ0) is 13.4. The van der Waals surface area contributed by atoms with Gasteiger partial charge in [0.25, 0.3) is 0 Å². The van der Waals surface area contributed by atoms with Crippen LogP contribution in [0.15, 0.2) is 30.3 Å². The van der Waals surface area contributed by atoms with Crippen LogP contribution in [0.25, 0.3) is 5.57 Å². The molecular weight excluding hydrogens is 224 g/mol. The van der Waals surface area contributed by atoms with Gasteiger partial charge in [-0.05, 0) is 36.5 Å². The van der Waals surface area contributed by atoms with Crippen molar-refractivity contribution in [3.05, 3.63) is 41.5 Å². The van der Waals surface area contributed by atoms with Crippen LogP contribution in [0.4, 0.5) is 0 Å². The summed E-state index contributed by atoms with van der Waals surface area (Å²) in [6.07, 6.45) is 4.67. The van der Waals surface area contributed by atoms with Crippen LogP contribution < -0.4 is 0 Å². The molecular formula is C16H22O2. The lowest BCUT2D eigenvalue weighted by Crippen LogP contribution is -2.01. The molecule has 2 nitrogen and oxygen atoms in total. The lowest BCUT2D eigenvalue weighted by Gasteiger charge is -2.06. The van der Waals surface area contributed by atoms with E-state index in [-0.39, 0.29) is 5.97 Å². The lowest BCUT2D eigenvalue weighted by molar-refractivity contribution is -0.137. The Morgan fingerprint density at radius 3 is 2.33 bits per heavy atom. The molecule has 1 rings (SSSR count). The van der Waals surface area contributed by atoms with Gasteiger partial charge in [0.1, 0.15) is 0 Å². The number of carbonyl (C=O) groups is 1. The van der Waals surface area contributed by atoms with E-state index < -0.39 is 0 Å². The molecule has 1 aromatic rings. The largest absolute Gasteiger partial charge is 0.463 e. The summed E-state index contributed by atoms with van der Waals surface area (Å²) in [6, 6.07) is 8.43. The number of ether oxygens (including phenoxy) is 1. The summed E-state index contributed by atoms with van der Waals surface area (Å²) in [7, 11) is 0. The molecule has 0 bridgehead atoms. The molecule has 0 aliphatic heterocycles. The molecule has 0 atom stereocenters. The number of aryl methyl sites for hydroxylation is 1. The Labute approximate surface area is 110 Å². The fourth-order valence-corrected chi connectivity index (χ4v) is 1.89. The maximum absolute atomic E-state index is 11.5. The zero-order valence-electron chi connectivity index (χ0n) is 11.5. The molecule has 0 aliphatic rings. The molecule has 1 aromatic carbocycles. The second-order valence-corrected chi connectivity index (χ2v) is 4.22. The highest BCUT2D eigenvalue weighted by atomic mass is 16.5. The Bertz CT molecular complexity index is 402. The Hall–Kier alpha value is -1.57. The third kappa shape index (κ3) is 4.36. The highest BCUT2D eigenvalue weighted by Gasteiger charge is 2.04. The van der Waals surface area contributed by atoms with Crippen LogP contribution in [-0.2, 0) is 16.0 Å². The predicted octanol–water partition coefficient (Wildman–Crippen LogP) is 4.00. The smallest absolute Gasteiger partial charge is 0.331 e. The molecule has 0 amide bonds. The molecule has 0 unspecified atom stereocenters. The molecule has 2 heteroatoms. The zero-order valence-corrected chi connectivity index (χ0v) is 11.5. The Balaban J connectivity index is 2.85. The van der Waals surface area contributed by atoms with Crippen molar-refractivity contribution in [3.8, 4) is 0 Å². The van der Waals surface area contributed by atoms with E-state index in [1.165, 1.54) is 5.56 Å². The van der Waals surface area contributed by atoms with E-state index in [0.717, 1.165) is 30.4 Å². The van der Waals surface area contributed by atoms with Crippen LogP contribution in [0.1, 0.15) is 44.7 Å². The third-order valence-corrected chi connectivity index (χ3v) is 2.82. The van der Waals surface area contributed by atoms with Crippen LogP contribution in [0.3, 0.4) is 0 Å². The number of rotatable bonds is 6. The van der Waals surface area contributed by atoms with E-state index in [1.807, 2.05) is 13.8 Å². The molecule has 0 spiro atoms. The minimum absolute atomic E-state index is 0.257. The Morgan fingerprint density at radius 1 is 1.17 bits per heavy atom. The minimum Gasteiger partial charge on any atom is -0.463 e. The molecule has 0 aliphatic carbocycles. The summed E-state index contributed by atoms with van der Waals surface area (Å²) in [6.45, 7) is 6.45. The number of benzene rings is 1. The highest BCUT2D eigenvalue weighted by molar-refractivity contribution is 5.91. The summed E-state index contributed by atoms with van der Waals surface area (Å²) in [5, 5.41) is 0. The van der Waals surface area contributed by atoms with E-state index in [1.54, 1.807) is 6.08 Å². The SMILES string of the molecule is CCCc1ccc(C(=CC(=O)OCC)CC)cc1. The van der Waals surface area contributed by atoms with Crippen LogP contribution in [0.2, 0.25) is 0 Å². The molecule has 0 saturated carbocycles. The van der Waals surface area contributed by atoms with Crippen LogP contribution in [-0.4, -0.2) is 12.6 Å². The first-order valence-electron chi connectivity index (χ1n) is 6.67. The van der Waals surface area contributed by atoms with E-state index in [9.17, 15) is 4.79 Å². The molecule has 0 N–H and O–H groups in total.